The molecule has 4 heteroatoms. The molecule has 0 saturated carbocycles. The van der Waals surface area contributed by atoms with Crippen LogP contribution in [0.15, 0.2) is 48.1 Å². The Morgan fingerprint density at radius 1 is 0.750 bits per heavy atom. The molecule has 2 atom stereocenters. The number of hydrogen-bond donors (Lipinski definition) is 4. The van der Waals surface area contributed by atoms with Crippen molar-refractivity contribution in [2.45, 2.75) is 124 Å². The minimum absolute atomic E-state index is 0. The summed E-state index contributed by atoms with van der Waals surface area (Å²) < 4.78 is 0. The Morgan fingerprint density at radius 2 is 1.11 bits per heavy atom. The zero-order valence-electron chi connectivity index (χ0n) is 22.6. The van der Waals surface area contributed by atoms with Gasteiger partial charge in [-0.1, -0.05) is 110 Å². The van der Waals surface area contributed by atoms with E-state index in [0.29, 0.717) is 5.92 Å². The highest BCUT2D eigenvalue weighted by atomic mass is 16.3. The third-order valence-electron chi connectivity index (χ3n) is 5.47. The Morgan fingerprint density at radius 3 is 1.17 bits per heavy atom. The third kappa shape index (κ3) is 37.4. The number of aliphatic hydroxyl groups excluding tert-OH is 4. The van der Waals surface area contributed by atoms with E-state index in [1.807, 2.05) is 13.8 Å². The molecule has 0 aromatic rings. The van der Waals surface area contributed by atoms with E-state index in [0.717, 1.165) is 55.2 Å². The first kappa shape index (κ1) is 55.4. The molecule has 0 radical (unpaired) electrons. The van der Waals surface area contributed by atoms with Crippen molar-refractivity contribution in [3.05, 3.63) is 48.1 Å². The lowest BCUT2D eigenvalue weighted by molar-refractivity contribution is 0.181. The summed E-state index contributed by atoms with van der Waals surface area (Å²) in [4.78, 5) is 0. The summed E-state index contributed by atoms with van der Waals surface area (Å²) in [6.45, 7) is 24.5. The first-order chi connectivity index (χ1) is 15.1. The van der Waals surface area contributed by atoms with Gasteiger partial charge in [0.1, 0.15) is 0 Å². The van der Waals surface area contributed by atoms with Gasteiger partial charge in [-0.15, -0.1) is 6.58 Å². The summed E-state index contributed by atoms with van der Waals surface area (Å²) in [6, 6.07) is 0. The third-order valence-corrected chi connectivity index (χ3v) is 5.47. The van der Waals surface area contributed by atoms with Gasteiger partial charge in [-0.2, -0.15) is 0 Å². The van der Waals surface area contributed by atoms with E-state index < -0.39 is 0 Å². The van der Waals surface area contributed by atoms with E-state index in [1.54, 1.807) is 6.08 Å². The van der Waals surface area contributed by atoms with Gasteiger partial charge in [0.25, 0.3) is 0 Å². The Hall–Kier alpha value is -1.20. The normalized spacial score (nSPS) is 12.2. The summed E-state index contributed by atoms with van der Waals surface area (Å²) >= 11 is 0. The van der Waals surface area contributed by atoms with Crippen molar-refractivity contribution in [1.29, 1.82) is 0 Å². The molecule has 0 aliphatic rings. The molecule has 36 heavy (non-hydrogen) atoms. The largest absolute Gasteiger partial charge is 0.395 e. The monoisotopic (exact) mass is 521 g/mol. The average Bonchev–Trinajstić information content (AvgIpc) is 2.85. The van der Waals surface area contributed by atoms with Gasteiger partial charge in [0.2, 0.25) is 0 Å². The van der Waals surface area contributed by atoms with Crippen LogP contribution in [0.25, 0.3) is 0 Å². The Kier molecular flexibility index (Phi) is 63.0. The lowest BCUT2D eigenvalue weighted by Gasteiger charge is -2.19. The fourth-order valence-corrected chi connectivity index (χ4v) is 1.98. The number of allylic oxidation sites excluding steroid dienone is 2. The molecule has 0 spiro atoms. The highest BCUT2D eigenvalue weighted by Gasteiger charge is 2.14. The maximum atomic E-state index is 8.71. The molecule has 0 saturated heterocycles. The predicted octanol–water partition coefficient (Wildman–Crippen LogP) is 9.16. The molecule has 0 aliphatic heterocycles. The Bertz CT molecular complexity index is 441. The van der Waals surface area contributed by atoms with Crippen LogP contribution in [0.3, 0.4) is 0 Å². The first-order valence-electron chi connectivity index (χ1n) is 12.2. The molecular formula is C32H72O4. The molecule has 0 amide bonds. The summed E-state index contributed by atoms with van der Waals surface area (Å²) in [6.07, 6.45) is 12.0. The maximum Gasteiger partial charge on any atom is 0.0641 e. The standard InChI is InChI=1S/4C7H14O.4CH4/c1-4-6(2)7(3)5-8;1-4-7(3,5-2)6-8;2*1-3-5-7(4-2)6-8;;;;/h6,8H,3-5H2,1-2H3;4,8H,1,5-6H2,2-3H3;2*5,8H,3-4,6H2,1-2H3;4*1H4/b;;7-5+;7-5-;;;;. The van der Waals surface area contributed by atoms with Crippen LogP contribution in [0, 0.1) is 11.3 Å². The lowest BCUT2D eigenvalue weighted by Crippen LogP contribution is -2.15. The van der Waals surface area contributed by atoms with Gasteiger partial charge < -0.3 is 20.4 Å². The highest BCUT2D eigenvalue weighted by Crippen LogP contribution is 2.20. The molecule has 0 fully saturated rings. The van der Waals surface area contributed by atoms with Gasteiger partial charge in [-0.3, -0.25) is 0 Å². The van der Waals surface area contributed by atoms with E-state index in [2.05, 4.69) is 66.9 Å². The smallest absolute Gasteiger partial charge is 0.0641 e. The second-order valence-corrected chi connectivity index (χ2v) is 8.06. The second kappa shape index (κ2) is 40.9. The summed E-state index contributed by atoms with van der Waals surface area (Å²) in [5.74, 6) is 0.472. The van der Waals surface area contributed by atoms with Gasteiger partial charge in [0.15, 0.2) is 0 Å². The predicted molar refractivity (Wildman–Crippen MR) is 170 cm³/mol. The number of aliphatic hydroxyl groups is 4. The van der Waals surface area contributed by atoms with Gasteiger partial charge in [-0.25, -0.2) is 0 Å². The van der Waals surface area contributed by atoms with Crippen LogP contribution in [-0.2, 0) is 0 Å². The van der Waals surface area contributed by atoms with E-state index in [4.69, 9.17) is 20.4 Å². The van der Waals surface area contributed by atoms with Crippen LogP contribution >= 0.6 is 0 Å². The zero-order chi connectivity index (χ0) is 26.0. The second-order valence-electron chi connectivity index (χ2n) is 8.06. The number of rotatable bonds is 12. The van der Waals surface area contributed by atoms with Crippen LogP contribution < -0.4 is 0 Å². The van der Waals surface area contributed by atoms with Crippen molar-refractivity contribution in [2.24, 2.45) is 11.3 Å². The quantitative estimate of drug-likeness (QED) is 0.193. The lowest BCUT2D eigenvalue weighted by atomic mass is 9.89. The highest BCUT2D eigenvalue weighted by molar-refractivity contribution is 5.00. The number of hydrogen-bond acceptors (Lipinski definition) is 4. The average molecular weight is 521 g/mol. The SMILES string of the molecule is C.C.C.C.C=C(CO)C(C)CC.C=CC(C)(CC)CO.CC/C=C(/CC)CO.CC/C=C(\CC)CO. The van der Waals surface area contributed by atoms with E-state index >= 15 is 0 Å². The topological polar surface area (TPSA) is 80.9 Å². The van der Waals surface area contributed by atoms with E-state index in [9.17, 15) is 0 Å². The van der Waals surface area contributed by atoms with Crippen molar-refractivity contribution >= 4 is 0 Å². The molecule has 0 rings (SSSR count). The van der Waals surface area contributed by atoms with Crippen LogP contribution in [0.2, 0.25) is 0 Å². The summed E-state index contributed by atoms with van der Waals surface area (Å²) in [7, 11) is 0. The summed E-state index contributed by atoms with van der Waals surface area (Å²) in [5, 5.41) is 34.4. The van der Waals surface area contributed by atoms with Gasteiger partial charge in [0, 0.05) is 5.41 Å². The van der Waals surface area contributed by atoms with Crippen LogP contribution in [0.4, 0.5) is 0 Å². The molecule has 0 bridgehead atoms. The first-order valence-corrected chi connectivity index (χ1v) is 12.2. The van der Waals surface area contributed by atoms with Gasteiger partial charge in [-0.05, 0) is 61.2 Å². The van der Waals surface area contributed by atoms with E-state index in [-0.39, 0.29) is 61.5 Å². The van der Waals surface area contributed by atoms with Crippen molar-refractivity contribution in [3.8, 4) is 0 Å². The maximum absolute atomic E-state index is 8.71. The van der Waals surface area contributed by atoms with Crippen molar-refractivity contribution in [1.82, 2.24) is 0 Å². The van der Waals surface area contributed by atoms with E-state index in [1.165, 1.54) is 0 Å². The van der Waals surface area contributed by atoms with Crippen LogP contribution in [-0.4, -0.2) is 46.9 Å². The fraction of sp³-hybridized carbons (Fsp3) is 0.750. The molecule has 224 valence electrons. The minimum atomic E-state index is -0.0556. The molecule has 4 N–H and O–H groups in total. The summed E-state index contributed by atoms with van der Waals surface area (Å²) in [5.41, 5.74) is 3.17. The molecule has 0 aromatic carbocycles. The molecule has 0 aliphatic carbocycles. The van der Waals surface area contributed by atoms with Crippen LogP contribution in [0.5, 0.6) is 0 Å². The molecular weight excluding hydrogens is 448 g/mol. The van der Waals surface area contributed by atoms with Gasteiger partial charge >= 0.3 is 0 Å². The molecule has 0 heterocycles. The van der Waals surface area contributed by atoms with Crippen molar-refractivity contribution < 1.29 is 20.4 Å². The fourth-order valence-electron chi connectivity index (χ4n) is 1.98. The van der Waals surface area contributed by atoms with Gasteiger partial charge in [0.05, 0.1) is 26.4 Å². The Balaban J connectivity index is -0.0000000467. The Labute approximate surface area is 230 Å². The van der Waals surface area contributed by atoms with Crippen molar-refractivity contribution in [2.75, 3.05) is 26.4 Å². The zero-order valence-corrected chi connectivity index (χ0v) is 22.6. The molecule has 2 unspecified atom stereocenters. The minimum Gasteiger partial charge on any atom is -0.395 e. The van der Waals surface area contributed by atoms with Crippen LogP contribution in [0.1, 0.15) is 124 Å². The molecule has 0 aromatic heterocycles. The van der Waals surface area contributed by atoms with Crippen molar-refractivity contribution in [3.63, 3.8) is 0 Å². The molecule has 4 nitrogen and oxygen atoms in total.